The number of nitrogens with zero attached hydrogens (tertiary/aromatic N) is 3. The third-order valence-electron chi connectivity index (χ3n) is 4.65. The first-order valence-electron chi connectivity index (χ1n) is 9.84. The van der Waals surface area contributed by atoms with Gasteiger partial charge in [-0.1, -0.05) is 30.3 Å². The lowest BCUT2D eigenvalue weighted by molar-refractivity contribution is -0.142. The molecule has 0 saturated carbocycles. The minimum Gasteiger partial charge on any atom is -0.466 e. The van der Waals surface area contributed by atoms with E-state index in [2.05, 4.69) is 15.5 Å². The van der Waals surface area contributed by atoms with E-state index >= 15 is 0 Å². The second-order valence-corrected chi connectivity index (χ2v) is 7.71. The minimum atomic E-state index is -0.297. The highest BCUT2D eigenvalue weighted by atomic mass is 32.1. The molecule has 4 rings (SSSR count). The van der Waals surface area contributed by atoms with Gasteiger partial charge in [0.2, 0.25) is 5.13 Å². The quantitative estimate of drug-likeness (QED) is 0.244. The molecule has 0 fully saturated rings. The lowest BCUT2D eigenvalue weighted by Crippen LogP contribution is -2.07. The molecular weight excluding hydrogens is 415 g/mol. The van der Waals surface area contributed by atoms with Crippen molar-refractivity contribution in [1.29, 1.82) is 0 Å². The number of hydrogen-bond acceptors (Lipinski definition) is 6. The Balaban J connectivity index is 1.44. The summed E-state index contributed by atoms with van der Waals surface area (Å²) in [7, 11) is 0. The lowest BCUT2D eigenvalue weighted by Gasteiger charge is -2.07. The van der Waals surface area contributed by atoms with Gasteiger partial charge in [0.05, 0.1) is 31.5 Å². The number of nitrogens with one attached hydrogen (secondary N) is 1. The maximum atomic E-state index is 14.0. The molecule has 0 radical (unpaired) electrons. The van der Waals surface area contributed by atoms with Gasteiger partial charge in [-0.3, -0.25) is 10.2 Å². The van der Waals surface area contributed by atoms with E-state index in [9.17, 15) is 9.18 Å². The van der Waals surface area contributed by atoms with Crippen LogP contribution in [0.3, 0.4) is 0 Å². The number of halogens is 1. The first kappa shape index (κ1) is 20.7. The highest BCUT2D eigenvalue weighted by Crippen LogP contribution is 2.20. The molecule has 0 saturated heterocycles. The average molecular weight is 437 g/mol. The lowest BCUT2D eigenvalue weighted by atomic mass is 10.1. The summed E-state index contributed by atoms with van der Waals surface area (Å²) in [5.74, 6) is -0.508. The van der Waals surface area contributed by atoms with E-state index in [0.29, 0.717) is 29.5 Å². The molecular formula is C23H21FN4O2S. The predicted molar refractivity (Wildman–Crippen MR) is 121 cm³/mol. The number of thiazole rings is 1. The van der Waals surface area contributed by atoms with Crippen molar-refractivity contribution < 1.29 is 13.9 Å². The fourth-order valence-electron chi connectivity index (χ4n) is 3.19. The number of hydrogen-bond donors (Lipinski definition) is 1. The van der Waals surface area contributed by atoms with Gasteiger partial charge in [0, 0.05) is 22.7 Å². The number of aromatic nitrogens is 2. The Morgan fingerprint density at radius 1 is 1.29 bits per heavy atom. The molecule has 158 valence electrons. The van der Waals surface area contributed by atoms with Crippen LogP contribution >= 0.6 is 11.3 Å². The molecule has 0 aliphatic rings. The van der Waals surface area contributed by atoms with Crippen LogP contribution in [0.25, 0.3) is 10.9 Å². The van der Waals surface area contributed by atoms with Crippen molar-refractivity contribution in [3.8, 4) is 0 Å². The smallest absolute Gasteiger partial charge is 0.311 e. The van der Waals surface area contributed by atoms with Gasteiger partial charge >= 0.3 is 5.97 Å². The normalized spacial score (nSPS) is 11.3. The summed E-state index contributed by atoms with van der Waals surface area (Å²) >= 11 is 1.37. The Morgan fingerprint density at radius 2 is 2.16 bits per heavy atom. The molecule has 31 heavy (non-hydrogen) atoms. The summed E-state index contributed by atoms with van der Waals surface area (Å²) < 4.78 is 21.0. The van der Waals surface area contributed by atoms with Gasteiger partial charge < -0.3 is 9.30 Å². The molecule has 0 amide bonds. The van der Waals surface area contributed by atoms with Gasteiger partial charge in [0.25, 0.3) is 0 Å². The summed E-state index contributed by atoms with van der Waals surface area (Å²) in [6.07, 6.45) is 3.80. The Morgan fingerprint density at radius 3 is 3.00 bits per heavy atom. The second-order valence-electron chi connectivity index (χ2n) is 6.85. The summed E-state index contributed by atoms with van der Waals surface area (Å²) in [4.78, 5) is 15.9. The van der Waals surface area contributed by atoms with Crippen LogP contribution in [0, 0.1) is 5.82 Å². The monoisotopic (exact) mass is 436 g/mol. The summed E-state index contributed by atoms with van der Waals surface area (Å²) in [6.45, 7) is 2.58. The third-order valence-corrected chi connectivity index (χ3v) is 5.45. The Bertz CT molecular complexity index is 1230. The molecule has 0 aliphatic heterocycles. The SMILES string of the molecule is CCOC(=O)Cc1csc(NN=Cc2ccc3ccn(Cc4ccccc4F)c3c2)n1. The molecule has 0 spiro atoms. The Labute approximate surface area is 183 Å². The second kappa shape index (κ2) is 9.53. The highest BCUT2D eigenvalue weighted by Gasteiger charge is 2.08. The Kier molecular flexibility index (Phi) is 6.37. The van der Waals surface area contributed by atoms with Crippen molar-refractivity contribution in [2.24, 2.45) is 5.10 Å². The number of esters is 1. The van der Waals surface area contributed by atoms with Crippen molar-refractivity contribution in [3.05, 3.63) is 82.7 Å². The first-order valence-corrected chi connectivity index (χ1v) is 10.7. The summed E-state index contributed by atoms with van der Waals surface area (Å²) in [6, 6.07) is 14.8. The summed E-state index contributed by atoms with van der Waals surface area (Å²) in [5, 5.41) is 7.72. The van der Waals surface area contributed by atoms with Crippen LogP contribution in [0.2, 0.25) is 0 Å². The number of carbonyl (C=O) groups is 1. The van der Waals surface area contributed by atoms with Gasteiger partial charge in [0.1, 0.15) is 5.82 Å². The number of rotatable bonds is 8. The Hall–Kier alpha value is -3.52. The predicted octanol–water partition coefficient (Wildman–Crippen LogP) is 4.84. The van der Waals surface area contributed by atoms with E-state index in [1.54, 1.807) is 30.7 Å². The molecule has 0 aliphatic carbocycles. The molecule has 2 heterocycles. The van der Waals surface area contributed by atoms with Crippen molar-refractivity contribution >= 4 is 39.6 Å². The van der Waals surface area contributed by atoms with Crippen LogP contribution in [0.15, 0.2) is 65.2 Å². The molecule has 1 N–H and O–H groups in total. The van der Waals surface area contributed by atoms with Crippen LogP contribution in [0.4, 0.5) is 9.52 Å². The van der Waals surface area contributed by atoms with Crippen molar-refractivity contribution in [2.75, 3.05) is 12.0 Å². The fraction of sp³-hybridized carbons (Fsp3) is 0.174. The molecule has 0 atom stereocenters. The molecule has 2 aromatic heterocycles. The zero-order valence-electron chi connectivity index (χ0n) is 16.9. The largest absolute Gasteiger partial charge is 0.466 e. The maximum Gasteiger partial charge on any atom is 0.311 e. The van der Waals surface area contributed by atoms with Crippen LogP contribution in [-0.4, -0.2) is 28.3 Å². The number of anilines is 1. The van der Waals surface area contributed by atoms with Crippen molar-refractivity contribution in [3.63, 3.8) is 0 Å². The van der Waals surface area contributed by atoms with Crippen LogP contribution < -0.4 is 5.43 Å². The number of fused-ring (bicyclic) bond motifs is 1. The van der Waals surface area contributed by atoms with E-state index in [1.807, 2.05) is 41.1 Å². The number of ether oxygens (including phenoxy) is 1. The van der Waals surface area contributed by atoms with E-state index in [-0.39, 0.29) is 18.2 Å². The summed E-state index contributed by atoms with van der Waals surface area (Å²) in [5.41, 5.74) is 6.08. The standard InChI is InChI=1S/C23H21FN4O2S/c1-2-30-22(29)12-19-15-31-23(26-19)27-25-13-16-7-8-17-9-10-28(21(17)11-16)14-18-5-3-4-6-20(18)24/h3-11,13,15H,2,12,14H2,1H3,(H,26,27). The van der Waals surface area contributed by atoms with Crippen molar-refractivity contribution in [1.82, 2.24) is 9.55 Å². The van der Waals surface area contributed by atoms with E-state index in [1.165, 1.54) is 17.4 Å². The average Bonchev–Trinajstić information content (AvgIpc) is 3.37. The van der Waals surface area contributed by atoms with Crippen LogP contribution in [-0.2, 0) is 22.5 Å². The fourth-order valence-corrected chi connectivity index (χ4v) is 3.85. The van der Waals surface area contributed by atoms with Gasteiger partial charge in [-0.25, -0.2) is 9.37 Å². The number of hydrazone groups is 1. The van der Waals surface area contributed by atoms with E-state index in [0.717, 1.165) is 16.5 Å². The maximum absolute atomic E-state index is 14.0. The molecule has 0 unspecified atom stereocenters. The van der Waals surface area contributed by atoms with Gasteiger partial charge in [-0.05, 0) is 36.1 Å². The zero-order chi connectivity index (χ0) is 21.6. The topological polar surface area (TPSA) is 68.5 Å². The van der Waals surface area contributed by atoms with E-state index < -0.39 is 0 Å². The van der Waals surface area contributed by atoms with Crippen LogP contribution in [0.1, 0.15) is 23.7 Å². The van der Waals surface area contributed by atoms with Gasteiger partial charge in [0.15, 0.2) is 0 Å². The van der Waals surface area contributed by atoms with Crippen LogP contribution in [0.5, 0.6) is 0 Å². The van der Waals surface area contributed by atoms with Gasteiger partial charge in [-0.2, -0.15) is 5.10 Å². The third kappa shape index (κ3) is 5.16. The minimum absolute atomic E-state index is 0.144. The van der Waals surface area contributed by atoms with Gasteiger partial charge in [-0.15, -0.1) is 11.3 Å². The zero-order valence-corrected chi connectivity index (χ0v) is 17.7. The molecule has 8 heteroatoms. The number of carbonyl (C=O) groups excluding carboxylic acids is 1. The number of benzene rings is 2. The molecule has 4 aromatic rings. The molecule has 6 nitrogen and oxygen atoms in total. The first-order chi connectivity index (χ1) is 15.1. The van der Waals surface area contributed by atoms with E-state index in [4.69, 9.17) is 4.74 Å². The molecule has 2 aromatic carbocycles. The van der Waals surface area contributed by atoms with Crippen molar-refractivity contribution in [2.45, 2.75) is 19.9 Å². The molecule has 0 bridgehead atoms. The highest BCUT2D eigenvalue weighted by molar-refractivity contribution is 7.13.